The van der Waals surface area contributed by atoms with Crippen molar-refractivity contribution < 1.29 is 29.4 Å². The summed E-state index contributed by atoms with van der Waals surface area (Å²) in [4.78, 5) is 59.6. The lowest BCUT2D eigenvalue weighted by Crippen LogP contribution is -2.60. The van der Waals surface area contributed by atoms with Gasteiger partial charge in [-0.25, -0.2) is 4.79 Å². The number of carboxylic acid groups (broad SMARTS) is 1. The number of nitrogens with one attached hydrogen (secondary N) is 4. The number of carbonyl (C=O) groups is 4. The van der Waals surface area contributed by atoms with Gasteiger partial charge in [-0.05, 0) is 49.4 Å². The van der Waals surface area contributed by atoms with Crippen LogP contribution in [0.3, 0.4) is 0 Å². The molecule has 0 saturated carbocycles. The van der Waals surface area contributed by atoms with Crippen LogP contribution in [0.5, 0.6) is 0 Å². The average molecular weight is 589 g/mol. The normalized spacial score (nSPS) is 17.8. The lowest BCUT2D eigenvalue weighted by molar-refractivity contribution is -0.150. The fourth-order valence-corrected chi connectivity index (χ4v) is 5.75. The predicted octanol–water partition coefficient (Wildman–Crippen LogP) is 1.19. The van der Waals surface area contributed by atoms with Crippen molar-refractivity contribution in [3.05, 3.63) is 72.1 Å². The molecule has 0 aliphatic carbocycles. The van der Waals surface area contributed by atoms with Gasteiger partial charge >= 0.3 is 5.97 Å². The number of likely N-dealkylation sites (tertiary alicyclic amines) is 1. The molecule has 0 spiro atoms. The molecule has 1 saturated heterocycles. The Labute approximate surface area is 247 Å². The Morgan fingerprint density at radius 1 is 0.930 bits per heavy atom. The van der Waals surface area contributed by atoms with Gasteiger partial charge in [-0.3, -0.25) is 14.4 Å². The maximum absolute atomic E-state index is 13.7. The summed E-state index contributed by atoms with van der Waals surface area (Å²) in [5.41, 5.74) is 9.69. The minimum atomic E-state index is -1.41. The number of carboxylic acids is 1. The van der Waals surface area contributed by atoms with E-state index in [1.165, 1.54) is 11.8 Å². The molecule has 12 nitrogen and oxygen atoms in total. The first kappa shape index (κ1) is 29.8. The van der Waals surface area contributed by atoms with Gasteiger partial charge in [0.25, 0.3) is 0 Å². The quantitative estimate of drug-likeness (QED) is 0.137. The summed E-state index contributed by atoms with van der Waals surface area (Å²) in [7, 11) is 0. The maximum Gasteiger partial charge on any atom is 0.326 e. The molecule has 5 rings (SSSR count). The van der Waals surface area contributed by atoms with E-state index < -0.39 is 54.0 Å². The molecule has 8 N–H and O–H groups in total. The lowest BCUT2D eigenvalue weighted by Gasteiger charge is -2.30. The average Bonchev–Trinajstić information content (AvgIpc) is 3.74. The van der Waals surface area contributed by atoms with Crippen LogP contribution < -0.4 is 16.4 Å². The van der Waals surface area contributed by atoms with Crippen LogP contribution in [-0.4, -0.2) is 85.6 Å². The monoisotopic (exact) mass is 588 g/mol. The number of aromatic nitrogens is 2. The number of fused-ring (bicyclic) bond motifs is 2. The van der Waals surface area contributed by atoms with Crippen molar-refractivity contribution in [1.82, 2.24) is 25.5 Å². The van der Waals surface area contributed by atoms with Crippen LogP contribution in [-0.2, 0) is 32.0 Å². The number of para-hydroxylation sites is 2. The first-order valence-corrected chi connectivity index (χ1v) is 14.3. The number of amides is 3. The Hall–Kier alpha value is -4.68. The van der Waals surface area contributed by atoms with E-state index in [1.54, 1.807) is 12.4 Å². The van der Waals surface area contributed by atoms with Gasteiger partial charge < -0.3 is 41.4 Å². The highest BCUT2D eigenvalue weighted by molar-refractivity contribution is 5.95. The van der Waals surface area contributed by atoms with E-state index in [4.69, 9.17) is 5.73 Å². The van der Waals surface area contributed by atoms with Crippen LogP contribution in [0.2, 0.25) is 0 Å². The van der Waals surface area contributed by atoms with Gasteiger partial charge in [0.05, 0.1) is 12.1 Å². The summed E-state index contributed by atoms with van der Waals surface area (Å²) in [5.74, 6) is -3.10. The molecular formula is C31H36N6O6. The van der Waals surface area contributed by atoms with Crippen molar-refractivity contribution in [3.8, 4) is 0 Å². The van der Waals surface area contributed by atoms with Gasteiger partial charge in [0.1, 0.15) is 18.1 Å². The number of nitrogens with zero attached hydrogens (tertiary/aromatic N) is 1. The van der Waals surface area contributed by atoms with Crippen LogP contribution in [0.15, 0.2) is 60.9 Å². The van der Waals surface area contributed by atoms with Gasteiger partial charge in [0, 0.05) is 47.2 Å². The van der Waals surface area contributed by atoms with Crippen LogP contribution >= 0.6 is 0 Å². The van der Waals surface area contributed by atoms with Gasteiger partial charge in [0.15, 0.2) is 0 Å². The Morgan fingerprint density at radius 2 is 1.51 bits per heavy atom. The van der Waals surface area contributed by atoms with Crippen molar-refractivity contribution in [2.45, 2.75) is 62.9 Å². The topological polar surface area (TPSA) is 194 Å². The Kier molecular flexibility index (Phi) is 8.78. The first-order chi connectivity index (χ1) is 20.6. The molecule has 1 aliphatic heterocycles. The fourth-order valence-electron chi connectivity index (χ4n) is 5.75. The number of aliphatic hydroxyl groups is 1. The molecule has 5 atom stereocenters. The number of aliphatic hydroxyl groups excluding tert-OH is 1. The summed E-state index contributed by atoms with van der Waals surface area (Å²) in [6.45, 7) is 1.55. The summed E-state index contributed by atoms with van der Waals surface area (Å²) in [6, 6.07) is 10.6. The zero-order chi connectivity index (χ0) is 30.7. The first-order valence-electron chi connectivity index (χ1n) is 14.3. The largest absolute Gasteiger partial charge is 0.480 e. The molecule has 0 radical (unpaired) electrons. The molecule has 1 aliphatic rings. The van der Waals surface area contributed by atoms with Crippen molar-refractivity contribution in [3.63, 3.8) is 0 Å². The van der Waals surface area contributed by atoms with E-state index in [2.05, 4.69) is 20.6 Å². The molecule has 226 valence electrons. The summed E-state index contributed by atoms with van der Waals surface area (Å²) in [6.07, 6.45) is 3.31. The van der Waals surface area contributed by atoms with E-state index in [0.717, 1.165) is 32.9 Å². The van der Waals surface area contributed by atoms with Gasteiger partial charge in [-0.15, -0.1) is 0 Å². The lowest BCUT2D eigenvalue weighted by atomic mass is 10.0. The zero-order valence-electron chi connectivity index (χ0n) is 23.7. The minimum absolute atomic E-state index is 0.0730. The predicted molar refractivity (Wildman–Crippen MR) is 160 cm³/mol. The Balaban J connectivity index is 1.36. The van der Waals surface area contributed by atoms with Gasteiger partial charge in [0.2, 0.25) is 17.7 Å². The molecule has 3 amide bonds. The van der Waals surface area contributed by atoms with Gasteiger partial charge in [-0.1, -0.05) is 36.4 Å². The molecule has 2 aromatic heterocycles. The molecule has 0 bridgehead atoms. The Morgan fingerprint density at radius 3 is 2.09 bits per heavy atom. The molecule has 2 aromatic carbocycles. The molecule has 43 heavy (non-hydrogen) atoms. The summed E-state index contributed by atoms with van der Waals surface area (Å²) in [5, 5.41) is 27.2. The molecule has 12 heteroatoms. The van der Waals surface area contributed by atoms with Crippen molar-refractivity contribution in [2.24, 2.45) is 5.73 Å². The smallest absolute Gasteiger partial charge is 0.326 e. The number of hydrogen-bond acceptors (Lipinski definition) is 6. The maximum atomic E-state index is 13.7. The number of rotatable bonds is 11. The second-order valence-corrected chi connectivity index (χ2v) is 11.0. The number of benzene rings is 2. The van der Waals surface area contributed by atoms with Crippen molar-refractivity contribution in [2.75, 3.05) is 6.54 Å². The fraction of sp³-hybridized carbons (Fsp3) is 0.355. The standard InChI is InChI=1S/C31H36N6O6/c1-17(38)27(30(41)37-12-6-11-26(37)31(42)43)36-29(40)25(14-19-16-34-24-10-5-3-8-21(19)24)35-28(39)22(32)13-18-15-33-23-9-4-2-7-20(18)23/h2-5,7-10,15-17,22,25-27,33-34,38H,6,11-14,32H2,1H3,(H,35,39)(H,36,40)(H,42,43). The number of aliphatic carboxylic acids is 1. The zero-order valence-corrected chi connectivity index (χ0v) is 23.7. The number of carbonyl (C=O) groups excluding carboxylic acids is 3. The van der Waals surface area contributed by atoms with E-state index in [9.17, 15) is 29.4 Å². The van der Waals surface area contributed by atoms with Crippen LogP contribution in [0.1, 0.15) is 30.9 Å². The highest BCUT2D eigenvalue weighted by atomic mass is 16.4. The van der Waals surface area contributed by atoms with Crippen molar-refractivity contribution in [1.29, 1.82) is 0 Å². The number of nitrogens with two attached hydrogens (primary N) is 1. The summed E-state index contributed by atoms with van der Waals surface area (Å²) >= 11 is 0. The second kappa shape index (κ2) is 12.7. The molecule has 3 heterocycles. The second-order valence-electron chi connectivity index (χ2n) is 11.0. The number of H-pyrrole nitrogens is 2. The van der Waals surface area contributed by atoms with E-state index >= 15 is 0 Å². The van der Waals surface area contributed by atoms with Crippen LogP contribution in [0, 0.1) is 0 Å². The summed E-state index contributed by atoms with van der Waals surface area (Å²) < 4.78 is 0. The highest BCUT2D eigenvalue weighted by Crippen LogP contribution is 2.22. The third-order valence-corrected chi connectivity index (χ3v) is 8.05. The van der Waals surface area contributed by atoms with Crippen LogP contribution in [0.25, 0.3) is 21.8 Å². The highest BCUT2D eigenvalue weighted by Gasteiger charge is 2.40. The SMILES string of the molecule is CC(O)C(NC(=O)C(Cc1c[nH]c2ccccc12)NC(=O)C(N)Cc1c[nH]c2ccccc12)C(=O)N1CCCC1C(=O)O. The molecule has 5 unspecified atom stereocenters. The molecule has 1 fully saturated rings. The number of aromatic amines is 2. The minimum Gasteiger partial charge on any atom is -0.480 e. The molecule has 4 aromatic rings. The van der Waals surface area contributed by atoms with Crippen LogP contribution in [0.4, 0.5) is 0 Å². The number of hydrogen-bond donors (Lipinski definition) is 7. The Bertz CT molecular complexity index is 1640. The van der Waals surface area contributed by atoms with E-state index in [-0.39, 0.29) is 25.8 Å². The van der Waals surface area contributed by atoms with Crippen molar-refractivity contribution >= 4 is 45.5 Å². The van der Waals surface area contributed by atoms with E-state index in [1.807, 2.05) is 48.5 Å². The third kappa shape index (κ3) is 6.40. The van der Waals surface area contributed by atoms with Gasteiger partial charge in [-0.2, -0.15) is 0 Å². The van der Waals surface area contributed by atoms with E-state index in [0.29, 0.717) is 6.42 Å². The molecular weight excluding hydrogens is 552 g/mol. The third-order valence-electron chi connectivity index (χ3n) is 8.05.